The number of rotatable bonds is 2. The lowest BCUT2D eigenvalue weighted by molar-refractivity contribution is 0.247. The number of nitrogens with zero attached hydrogens (tertiary/aromatic N) is 2. The maximum absolute atomic E-state index is 5.45. The van der Waals surface area contributed by atoms with Gasteiger partial charge in [-0.2, -0.15) is 0 Å². The van der Waals surface area contributed by atoms with Crippen LogP contribution in [-0.2, 0) is 0 Å². The van der Waals surface area contributed by atoms with Crippen LogP contribution in [-0.4, -0.2) is 30.5 Å². The van der Waals surface area contributed by atoms with E-state index in [0.717, 1.165) is 31.5 Å². The summed E-state index contributed by atoms with van der Waals surface area (Å²) < 4.78 is 0. The molecule has 0 saturated carbocycles. The summed E-state index contributed by atoms with van der Waals surface area (Å²) in [5.74, 6) is 7.11. The molecule has 4 nitrogen and oxygen atoms in total. The molecular weight excluding hydrogens is 176 g/mol. The smallest absolute Gasteiger partial charge is 0.208 e. The molecule has 1 rings (SSSR count). The van der Waals surface area contributed by atoms with Crippen molar-refractivity contribution in [1.82, 2.24) is 10.3 Å². The first-order valence-corrected chi connectivity index (χ1v) is 5.57. The minimum Gasteiger partial charge on any atom is -0.342 e. The van der Waals surface area contributed by atoms with Gasteiger partial charge in [-0.3, -0.25) is 10.4 Å². The number of hydrogen-bond acceptors (Lipinski definition) is 2. The standard InChI is InChI=1S/C10H22N4/c1-3-9-6-5-7-14(8-9)10(13-11)12-4-2/h9H,3-8,11H2,1-2H3,(H,12,13). The van der Waals surface area contributed by atoms with Crippen LogP contribution in [0, 0.1) is 5.92 Å². The number of aliphatic imine (C=N–C) groups is 1. The first-order valence-electron chi connectivity index (χ1n) is 5.57. The number of hydrazine groups is 1. The molecule has 0 aromatic rings. The lowest BCUT2D eigenvalue weighted by Crippen LogP contribution is -2.49. The highest BCUT2D eigenvalue weighted by Crippen LogP contribution is 2.18. The van der Waals surface area contributed by atoms with Crippen molar-refractivity contribution < 1.29 is 0 Å². The Hall–Kier alpha value is -0.770. The summed E-state index contributed by atoms with van der Waals surface area (Å²) in [6.45, 7) is 7.24. The predicted molar refractivity (Wildman–Crippen MR) is 59.9 cm³/mol. The van der Waals surface area contributed by atoms with Gasteiger partial charge in [-0.1, -0.05) is 13.3 Å². The van der Waals surface area contributed by atoms with Crippen LogP contribution in [0.5, 0.6) is 0 Å². The van der Waals surface area contributed by atoms with E-state index < -0.39 is 0 Å². The van der Waals surface area contributed by atoms with Gasteiger partial charge in [-0.05, 0) is 25.7 Å². The largest absolute Gasteiger partial charge is 0.342 e. The zero-order chi connectivity index (χ0) is 10.4. The van der Waals surface area contributed by atoms with Crippen LogP contribution in [0.2, 0.25) is 0 Å². The molecule has 4 heteroatoms. The number of guanidine groups is 1. The van der Waals surface area contributed by atoms with Gasteiger partial charge in [0.05, 0.1) is 0 Å². The molecule has 0 radical (unpaired) electrons. The summed E-state index contributed by atoms with van der Waals surface area (Å²) in [6, 6.07) is 0. The van der Waals surface area contributed by atoms with E-state index in [2.05, 4.69) is 22.2 Å². The highest BCUT2D eigenvalue weighted by atomic mass is 15.4. The Morgan fingerprint density at radius 2 is 2.36 bits per heavy atom. The second kappa shape index (κ2) is 5.86. The number of hydrogen-bond donors (Lipinski definition) is 2. The van der Waals surface area contributed by atoms with Gasteiger partial charge in [0.1, 0.15) is 0 Å². The van der Waals surface area contributed by atoms with Crippen molar-refractivity contribution >= 4 is 5.96 Å². The second-order valence-corrected chi connectivity index (χ2v) is 3.80. The van der Waals surface area contributed by atoms with Crippen molar-refractivity contribution in [2.75, 3.05) is 19.6 Å². The average Bonchev–Trinajstić information content (AvgIpc) is 2.26. The van der Waals surface area contributed by atoms with Crippen molar-refractivity contribution in [1.29, 1.82) is 0 Å². The van der Waals surface area contributed by atoms with Crippen molar-refractivity contribution in [2.24, 2.45) is 16.8 Å². The van der Waals surface area contributed by atoms with Crippen molar-refractivity contribution in [3.63, 3.8) is 0 Å². The summed E-state index contributed by atoms with van der Waals surface area (Å²) in [6.07, 6.45) is 3.85. The van der Waals surface area contributed by atoms with E-state index in [1.54, 1.807) is 0 Å². The molecule has 0 aromatic carbocycles. The molecule has 1 aliphatic rings. The van der Waals surface area contributed by atoms with E-state index in [9.17, 15) is 0 Å². The quantitative estimate of drug-likeness (QED) is 0.300. The van der Waals surface area contributed by atoms with Crippen LogP contribution in [0.25, 0.3) is 0 Å². The normalized spacial score (nSPS) is 23.8. The Bertz CT molecular complexity index is 191. The Morgan fingerprint density at radius 3 is 2.93 bits per heavy atom. The maximum atomic E-state index is 5.45. The van der Waals surface area contributed by atoms with Gasteiger partial charge in [0.25, 0.3) is 0 Å². The summed E-state index contributed by atoms with van der Waals surface area (Å²) in [4.78, 5) is 6.61. The minimum absolute atomic E-state index is 0.785. The summed E-state index contributed by atoms with van der Waals surface area (Å²) in [7, 11) is 0. The fraction of sp³-hybridized carbons (Fsp3) is 0.900. The molecule has 82 valence electrons. The van der Waals surface area contributed by atoms with Gasteiger partial charge in [-0.15, -0.1) is 0 Å². The fourth-order valence-corrected chi connectivity index (χ4v) is 1.98. The third-order valence-electron chi connectivity index (χ3n) is 2.83. The van der Waals surface area contributed by atoms with Crippen LogP contribution < -0.4 is 11.3 Å². The van der Waals surface area contributed by atoms with Crippen molar-refractivity contribution in [2.45, 2.75) is 33.1 Å². The highest BCUT2D eigenvalue weighted by molar-refractivity contribution is 5.79. The van der Waals surface area contributed by atoms with Crippen LogP contribution in [0.4, 0.5) is 0 Å². The Balaban J connectivity index is 2.53. The zero-order valence-corrected chi connectivity index (χ0v) is 9.29. The highest BCUT2D eigenvalue weighted by Gasteiger charge is 2.20. The van der Waals surface area contributed by atoms with Crippen molar-refractivity contribution in [3.8, 4) is 0 Å². The van der Waals surface area contributed by atoms with Gasteiger partial charge in [0, 0.05) is 19.6 Å². The molecule has 1 heterocycles. The molecule has 3 N–H and O–H groups in total. The van der Waals surface area contributed by atoms with E-state index in [0.29, 0.717) is 0 Å². The summed E-state index contributed by atoms with van der Waals surface area (Å²) in [5, 5.41) is 0. The minimum atomic E-state index is 0.785. The lowest BCUT2D eigenvalue weighted by Gasteiger charge is -2.34. The van der Waals surface area contributed by atoms with E-state index in [4.69, 9.17) is 5.84 Å². The Morgan fingerprint density at radius 1 is 1.57 bits per heavy atom. The van der Waals surface area contributed by atoms with Gasteiger partial charge in [-0.25, -0.2) is 5.84 Å². The van der Waals surface area contributed by atoms with Gasteiger partial charge >= 0.3 is 0 Å². The number of nitrogens with one attached hydrogen (secondary N) is 1. The molecule has 0 spiro atoms. The molecule has 14 heavy (non-hydrogen) atoms. The Labute approximate surface area is 86.5 Å². The fourth-order valence-electron chi connectivity index (χ4n) is 1.98. The summed E-state index contributed by atoms with van der Waals surface area (Å²) in [5.41, 5.74) is 2.69. The average molecular weight is 198 g/mol. The molecule has 0 aromatic heterocycles. The molecule has 1 fully saturated rings. The van der Waals surface area contributed by atoms with Gasteiger partial charge < -0.3 is 4.90 Å². The number of likely N-dealkylation sites (tertiary alicyclic amines) is 1. The topological polar surface area (TPSA) is 53.6 Å². The first kappa shape index (κ1) is 11.3. The maximum Gasteiger partial charge on any atom is 0.208 e. The van der Waals surface area contributed by atoms with Crippen LogP contribution >= 0.6 is 0 Å². The lowest BCUT2D eigenvalue weighted by atomic mass is 9.96. The summed E-state index contributed by atoms with van der Waals surface area (Å²) >= 11 is 0. The van der Waals surface area contributed by atoms with E-state index in [1.165, 1.54) is 19.3 Å². The van der Waals surface area contributed by atoms with E-state index >= 15 is 0 Å². The monoisotopic (exact) mass is 198 g/mol. The second-order valence-electron chi connectivity index (χ2n) is 3.80. The van der Waals surface area contributed by atoms with Crippen LogP contribution in [0.15, 0.2) is 4.99 Å². The molecular formula is C10H22N4. The molecule has 0 bridgehead atoms. The first-order chi connectivity index (χ1) is 6.81. The predicted octanol–water partition coefficient (Wildman–Crippen LogP) is 0.948. The number of piperidine rings is 1. The van der Waals surface area contributed by atoms with Crippen LogP contribution in [0.3, 0.4) is 0 Å². The molecule has 1 aliphatic heterocycles. The van der Waals surface area contributed by atoms with E-state index in [-0.39, 0.29) is 0 Å². The van der Waals surface area contributed by atoms with E-state index in [1.807, 2.05) is 6.92 Å². The number of nitrogens with two attached hydrogens (primary N) is 1. The SMILES string of the molecule is CCN=C(NN)N1CCCC(CC)C1. The van der Waals surface area contributed by atoms with Crippen molar-refractivity contribution in [3.05, 3.63) is 0 Å². The molecule has 1 unspecified atom stereocenters. The van der Waals surface area contributed by atoms with Gasteiger partial charge in [0.15, 0.2) is 0 Å². The third-order valence-corrected chi connectivity index (χ3v) is 2.83. The molecule has 0 amide bonds. The van der Waals surface area contributed by atoms with Gasteiger partial charge in [0.2, 0.25) is 5.96 Å². The molecule has 1 saturated heterocycles. The molecule has 0 aliphatic carbocycles. The molecule has 1 atom stereocenters. The Kier molecular flexibility index (Phi) is 4.73. The van der Waals surface area contributed by atoms with Crippen LogP contribution in [0.1, 0.15) is 33.1 Å². The third kappa shape index (κ3) is 2.87. The zero-order valence-electron chi connectivity index (χ0n) is 9.29.